The minimum absolute atomic E-state index is 0.0104. The Morgan fingerprint density at radius 2 is 1.30 bits per heavy atom. The van der Waals surface area contributed by atoms with Crippen molar-refractivity contribution in [2.45, 2.75) is 5.54 Å². The SMILES string of the molecule is O=C1C=CC2(C=C1)c1ccccc1-c1nc(-c3ccccc3)c(-c3ccccc3)n12. The topological polar surface area (TPSA) is 34.9 Å². The molecule has 0 saturated carbocycles. The molecule has 1 aromatic heterocycles. The fourth-order valence-electron chi connectivity index (χ4n) is 4.63. The standard InChI is InChI=1S/C27H18N2O/c30-21-15-17-27(18-16-21)23-14-8-7-13-22(23)26-28-24(19-9-3-1-4-10-19)25(29(26)27)20-11-5-2-6-12-20/h1-18H. The van der Waals surface area contributed by atoms with Crippen LogP contribution in [0.4, 0.5) is 0 Å². The number of nitrogens with zero attached hydrogens (tertiary/aromatic N) is 2. The van der Waals surface area contributed by atoms with Crippen molar-refractivity contribution in [2.75, 3.05) is 0 Å². The van der Waals surface area contributed by atoms with Crippen LogP contribution in [0.1, 0.15) is 5.56 Å². The number of imidazole rings is 1. The van der Waals surface area contributed by atoms with E-state index in [0.29, 0.717) is 0 Å². The number of rotatable bonds is 2. The quantitative estimate of drug-likeness (QED) is 0.447. The van der Waals surface area contributed by atoms with E-state index < -0.39 is 5.54 Å². The first-order valence-corrected chi connectivity index (χ1v) is 10.0. The van der Waals surface area contributed by atoms with Crippen molar-refractivity contribution >= 4 is 5.78 Å². The van der Waals surface area contributed by atoms with Gasteiger partial charge in [0.05, 0.1) is 11.4 Å². The fraction of sp³-hybridized carbons (Fsp3) is 0.0370. The Kier molecular flexibility index (Phi) is 3.53. The lowest BCUT2D eigenvalue weighted by Crippen LogP contribution is -2.30. The summed E-state index contributed by atoms with van der Waals surface area (Å²) in [5.41, 5.74) is 5.85. The number of allylic oxidation sites excluding steroid dienone is 4. The number of ketones is 1. The number of fused-ring (bicyclic) bond motifs is 5. The lowest BCUT2D eigenvalue weighted by atomic mass is 9.85. The first-order chi connectivity index (χ1) is 14.8. The van der Waals surface area contributed by atoms with Crippen LogP contribution in [0.3, 0.4) is 0 Å². The monoisotopic (exact) mass is 386 g/mol. The van der Waals surface area contributed by atoms with Gasteiger partial charge in [0.2, 0.25) is 0 Å². The molecule has 142 valence electrons. The van der Waals surface area contributed by atoms with Gasteiger partial charge in [-0.15, -0.1) is 0 Å². The molecule has 2 aliphatic rings. The number of carbonyl (C=O) groups excluding carboxylic acids is 1. The second kappa shape index (κ2) is 6.26. The van der Waals surface area contributed by atoms with Crippen molar-refractivity contribution in [2.24, 2.45) is 0 Å². The smallest absolute Gasteiger partial charge is 0.178 e. The zero-order valence-electron chi connectivity index (χ0n) is 16.2. The molecular formula is C27H18N2O. The summed E-state index contributed by atoms with van der Waals surface area (Å²) in [4.78, 5) is 17.2. The van der Waals surface area contributed by atoms with E-state index in [1.807, 2.05) is 48.6 Å². The Bertz CT molecular complexity index is 1330. The Hall–Kier alpha value is -3.98. The van der Waals surface area contributed by atoms with Crippen LogP contribution in [0, 0.1) is 0 Å². The second-order valence-corrected chi connectivity index (χ2v) is 7.64. The highest BCUT2D eigenvalue weighted by Gasteiger charge is 2.44. The summed E-state index contributed by atoms with van der Waals surface area (Å²) in [7, 11) is 0. The van der Waals surface area contributed by atoms with Crippen molar-refractivity contribution in [3.63, 3.8) is 0 Å². The van der Waals surface area contributed by atoms with Crippen molar-refractivity contribution < 1.29 is 4.79 Å². The lowest BCUT2D eigenvalue weighted by Gasteiger charge is -2.30. The first-order valence-electron chi connectivity index (χ1n) is 10.0. The molecule has 0 fully saturated rings. The molecule has 6 rings (SSSR count). The van der Waals surface area contributed by atoms with Crippen LogP contribution in [0.5, 0.6) is 0 Å². The summed E-state index contributed by atoms with van der Waals surface area (Å²) in [6.07, 6.45) is 7.35. The van der Waals surface area contributed by atoms with Gasteiger partial charge in [0.15, 0.2) is 5.78 Å². The summed E-state index contributed by atoms with van der Waals surface area (Å²) < 4.78 is 2.29. The molecule has 1 spiro atoms. The van der Waals surface area contributed by atoms with Gasteiger partial charge in [-0.2, -0.15) is 0 Å². The number of benzene rings is 3. The molecule has 0 amide bonds. The Labute approximate surface area is 174 Å². The maximum Gasteiger partial charge on any atom is 0.178 e. The van der Waals surface area contributed by atoms with Crippen LogP contribution in [0.2, 0.25) is 0 Å². The maximum absolute atomic E-state index is 12.0. The lowest BCUT2D eigenvalue weighted by molar-refractivity contribution is -0.110. The summed E-state index contributed by atoms with van der Waals surface area (Å²) in [5.74, 6) is 0.933. The largest absolute Gasteiger partial charge is 0.306 e. The molecule has 30 heavy (non-hydrogen) atoms. The highest BCUT2D eigenvalue weighted by Crippen LogP contribution is 2.51. The van der Waals surface area contributed by atoms with Crippen LogP contribution in [-0.4, -0.2) is 15.3 Å². The van der Waals surface area contributed by atoms with Crippen molar-refractivity contribution in [3.05, 3.63) is 115 Å². The third-order valence-corrected chi connectivity index (χ3v) is 5.94. The molecule has 1 aliphatic carbocycles. The third-order valence-electron chi connectivity index (χ3n) is 5.94. The molecule has 0 atom stereocenters. The molecule has 4 aromatic rings. The molecular weight excluding hydrogens is 368 g/mol. The average molecular weight is 386 g/mol. The maximum atomic E-state index is 12.0. The minimum atomic E-state index is -0.564. The zero-order valence-corrected chi connectivity index (χ0v) is 16.2. The number of carbonyl (C=O) groups is 1. The predicted molar refractivity (Wildman–Crippen MR) is 119 cm³/mol. The van der Waals surface area contributed by atoms with Gasteiger partial charge in [-0.05, 0) is 29.9 Å². The van der Waals surface area contributed by atoms with Gasteiger partial charge in [0.25, 0.3) is 0 Å². The summed E-state index contributed by atoms with van der Waals surface area (Å²) >= 11 is 0. The third kappa shape index (κ3) is 2.26. The second-order valence-electron chi connectivity index (χ2n) is 7.64. The van der Waals surface area contributed by atoms with E-state index in [0.717, 1.165) is 39.5 Å². The van der Waals surface area contributed by atoms with Crippen LogP contribution < -0.4 is 0 Å². The van der Waals surface area contributed by atoms with E-state index in [-0.39, 0.29) is 5.78 Å². The number of aromatic nitrogens is 2. The van der Waals surface area contributed by atoms with Gasteiger partial charge in [0, 0.05) is 16.7 Å². The van der Waals surface area contributed by atoms with E-state index in [1.54, 1.807) is 12.2 Å². The van der Waals surface area contributed by atoms with Crippen LogP contribution in [-0.2, 0) is 10.3 Å². The molecule has 3 nitrogen and oxygen atoms in total. The predicted octanol–water partition coefficient (Wildman–Crippen LogP) is 5.64. The summed E-state index contributed by atoms with van der Waals surface area (Å²) in [6, 6.07) is 29.0. The summed E-state index contributed by atoms with van der Waals surface area (Å²) in [6.45, 7) is 0. The van der Waals surface area contributed by atoms with Crippen molar-refractivity contribution in [1.29, 1.82) is 0 Å². The Balaban J connectivity index is 1.75. The van der Waals surface area contributed by atoms with Gasteiger partial charge < -0.3 is 4.57 Å². The Morgan fingerprint density at radius 1 is 0.700 bits per heavy atom. The van der Waals surface area contributed by atoms with Gasteiger partial charge in [-0.3, -0.25) is 4.79 Å². The fourth-order valence-corrected chi connectivity index (χ4v) is 4.63. The van der Waals surface area contributed by atoms with Gasteiger partial charge in [-0.25, -0.2) is 4.98 Å². The summed E-state index contributed by atoms with van der Waals surface area (Å²) in [5, 5.41) is 0. The van der Waals surface area contributed by atoms with Crippen LogP contribution in [0.25, 0.3) is 33.9 Å². The highest BCUT2D eigenvalue weighted by molar-refractivity contribution is 6.01. The molecule has 3 aromatic carbocycles. The Morgan fingerprint density at radius 3 is 2.00 bits per heavy atom. The van der Waals surface area contributed by atoms with E-state index >= 15 is 0 Å². The number of hydrogen-bond acceptors (Lipinski definition) is 2. The highest BCUT2D eigenvalue weighted by atomic mass is 16.1. The van der Waals surface area contributed by atoms with E-state index in [4.69, 9.17) is 4.98 Å². The van der Waals surface area contributed by atoms with Crippen molar-refractivity contribution in [3.8, 4) is 33.9 Å². The van der Waals surface area contributed by atoms with Gasteiger partial charge >= 0.3 is 0 Å². The van der Waals surface area contributed by atoms with E-state index in [9.17, 15) is 4.79 Å². The van der Waals surface area contributed by atoms with Crippen LogP contribution in [0.15, 0.2) is 109 Å². The molecule has 0 bridgehead atoms. The van der Waals surface area contributed by atoms with Crippen molar-refractivity contribution in [1.82, 2.24) is 9.55 Å². The average Bonchev–Trinajstić information content (AvgIpc) is 3.32. The molecule has 2 heterocycles. The van der Waals surface area contributed by atoms with E-state index in [1.165, 1.54) is 0 Å². The molecule has 0 N–H and O–H groups in total. The zero-order chi connectivity index (χ0) is 20.1. The van der Waals surface area contributed by atoms with Crippen LogP contribution >= 0.6 is 0 Å². The molecule has 1 aliphatic heterocycles. The van der Waals surface area contributed by atoms with E-state index in [2.05, 4.69) is 53.1 Å². The number of hydrogen-bond donors (Lipinski definition) is 0. The molecule has 0 radical (unpaired) electrons. The van der Waals surface area contributed by atoms with Gasteiger partial charge in [-0.1, -0.05) is 84.9 Å². The normalized spacial score (nSPS) is 15.4. The molecule has 0 unspecified atom stereocenters. The molecule has 0 saturated heterocycles. The van der Waals surface area contributed by atoms with Gasteiger partial charge in [0.1, 0.15) is 11.4 Å². The first kappa shape index (κ1) is 16.9. The minimum Gasteiger partial charge on any atom is -0.306 e. The molecule has 3 heteroatoms.